The number of ether oxygens (including phenoxy) is 1. The van der Waals surface area contributed by atoms with E-state index in [9.17, 15) is 9.50 Å². The fourth-order valence-electron chi connectivity index (χ4n) is 6.11. The summed E-state index contributed by atoms with van der Waals surface area (Å²) in [5, 5.41) is 12.7. The highest BCUT2D eigenvalue weighted by molar-refractivity contribution is 9.10. The number of fused-ring (bicyclic) bond motifs is 4. The minimum absolute atomic E-state index is 0.0280. The van der Waals surface area contributed by atoms with Crippen LogP contribution in [0.4, 0.5) is 4.39 Å². The Balaban J connectivity index is 1.57. The van der Waals surface area contributed by atoms with Crippen LogP contribution in [0.2, 0.25) is 0 Å². The number of quaternary nitrogens is 1. The van der Waals surface area contributed by atoms with Gasteiger partial charge in [-0.3, -0.25) is 4.98 Å². The van der Waals surface area contributed by atoms with Gasteiger partial charge in [-0.1, -0.05) is 22.0 Å². The molecule has 6 rings (SSSR count). The predicted octanol–water partition coefficient (Wildman–Crippen LogP) is 5.79. The van der Waals surface area contributed by atoms with Gasteiger partial charge in [-0.2, -0.15) is 0 Å². The third-order valence-corrected chi connectivity index (χ3v) is 8.33. The fourth-order valence-corrected chi connectivity index (χ4v) is 6.44. The van der Waals surface area contributed by atoms with Crippen LogP contribution >= 0.6 is 15.9 Å². The summed E-state index contributed by atoms with van der Waals surface area (Å²) < 4.78 is 21.7. The highest BCUT2D eigenvalue weighted by atomic mass is 79.9. The molecule has 4 nitrogen and oxygen atoms in total. The van der Waals surface area contributed by atoms with Gasteiger partial charge in [-0.25, -0.2) is 4.39 Å². The van der Waals surface area contributed by atoms with Crippen LogP contribution in [0.3, 0.4) is 0 Å². The number of rotatable bonds is 6. The second-order valence-corrected chi connectivity index (χ2v) is 10.4. The maximum atomic E-state index is 14.9. The van der Waals surface area contributed by atoms with E-state index in [0.29, 0.717) is 28.4 Å². The van der Waals surface area contributed by atoms with E-state index in [1.807, 2.05) is 36.4 Å². The zero-order valence-electron chi connectivity index (χ0n) is 18.8. The average Bonchev–Trinajstić information content (AvgIpc) is 2.84. The van der Waals surface area contributed by atoms with Gasteiger partial charge in [0, 0.05) is 40.4 Å². The standard InChI is InChI=1S/C27H29BrFN2O2/c1-3-17-15-31(16-19-4-5-20(28)13-24(19)29)11-9-18(17)12-26(31)27(32)22-8-10-30-25-7-6-21(33-2)14-23(22)25/h3-8,10,13-14,17-18,26-27,32H,1,9,11-12,15-16H2,2H3/q+1. The van der Waals surface area contributed by atoms with E-state index in [1.165, 1.54) is 6.07 Å². The number of methoxy groups -OCH3 is 1. The average molecular weight is 512 g/mol. The summed E-state index contributed by atoms with van der Waals surface area (Å²) >= 11 is 3.37. The first-order valence-electron chi connectivity index (χ1n) is 11.5. The van der Waals surface area contributed by atoms with Crippen molar-refractivity contribution in [2.24, 2.45) is 11.8 Å². The molecule has 0 radical (unpaired) electrons. The molecule has 33 heavy (non-hydrogen) atoms. The van der Waals surface area contributed by atoms with Crippen LogP contribution in [-0.4, -0.2) is 40.8 Å². The minimum Gasteiger partial charge on any atom is -0.497 e. The first-order valence-corrected chi connectivity index (χ1v) is 12.3. The molecule has 1 aromatic heterocycles. The number of halogens is 2. The number of nitrogens with zero attached hydrogens (tertiary/aromatic N) is 2. The second kappa shape index (κ2) is 8.82. The molecule has 0 spiro atoms. The molecule has 0 saturated carbocycles. The van der Waals surface area contributed by atoms with Crippen LogP contribution in [0, 0.1) is 17.7 Å². The molecule has 3 aliphatic rings. The van der Waals surface area contributed by atoms with Crippen molar-refractivity contribution in [3.8, 4) is 5.75 Å². The lowest BCUT2D eigenvalue weighted by Crippen LogP contribution is -2.67. The molecule has 3 aliphatic heterocycles. The van der Waals surface area contributed by atoms with Crippen molar-refractivity contribution in [3.05, 3.63) is 82.7 Å². The Morgan fingerprint density at radius 1 is 1.30 bits per heavy atom. The number of aromatic nitrogens is 1. The molecule has 0 aliphatic carbocycles. The smallest absolute Gasteiger partial charge is 0.133 e. The molecule has 2 aromatic carbocycles. The Morgan fingerprint density at radius 2 is 2.15 bits per heavy atom. The first kappa shape index (κ1) is 22.5. The van der Waals surface area contributed by atoms with Gasteiger partial charge in [0.15, 0.2) is 0 Å². The van der Waals surface area contributed by atoms with E-state index < -0.39 is 6.10 Å². The summed E-state index contributed by atoms with van der Waals surface area (Å²) in [6.07, 6.45) is 5.10. The molecular formula is C27H29BrFN2O2+. The molecule has 2 bridgehead atoms. The van der Waals surface area contributed by atoms with Gasteiger partial charge in [-0.05, 0) is 53.9 Å². The summed E-state index contributed by atoms with van der Waals surface area (Å²) in [6.45, 7) is 6.45. The summed E-state index contributed by atoms with van der Waals surface area (Å²) in [7, 11) is 1.64. The van der Waals surface area contributed by atoms with E-state index in [1.54, 1.807) is 13.3 Å². The number of aliphatic hydroxyl groups is 1. The van der Waals surface area contributed by atoms with E-state index in [-0.39, 0.29) is 11.9 Å². The van der Waals surface area contributed by atoms with Gasteiger partial charge in [0.1, 0.15) is 30.3 Å². The molecule has 6 heteroatoms. The van der Waals surface area contributed by atoms with Crippen LogP contribution in [0.15, 0.2) is 65.8 Å². The summed E-state index contributed by atoms with van der Waals surface area (Å²) in [5.41, 5.74) is 2.39. The monoisotopic (exact) mass is 511 g/mol. The van der Waals surface area contributed by atoms with Gasteiger partial charge in [0.25, 0.3) is 0 Å². The predicted molar refractivity (Wildman–Crippen MR) is 131 cm³/mol. The lowest BCUT2D eigenvalue weighted by atomic mass is 9.71. The number of hydrogen-bond acceptors (Lipinski definition) is 3. The highest BCUT2D eigenvalue weighted by Gasteiger charge is 2.54. The van der Waals surface area contributed by atoms with E-state index in [2.05, 4.69) is 33.6 Å². The first-order chi connectivity index (χ1) is 15.9. The molecule has 172 valence electrons. The fraction of sp³-hybridized carbons (Fsp3) is 0.370. The van der Waals surface area contributed by atoms with Crippen molar-refractivity contribution in [1.29, 1.82) is 0 Å². The van der Waals surface area contributed by atoms with Crippen molar-refractivity contribution in [3.63, 3.8) is 0 Å². The topological polar surface area (TPSA) is 42.4 Å². The number of hydrogen-bond donors (Lipinski definition) is 1. The van der Waals surface area contributed by atoms with Crippen LogP contribution in [0.5, 0.6) is 5.75 Å². The molecule has 5 unspecified atom stereocenters. The molecule has 3 aromatic rings. The van der Waals surface area contributed by atoms with Gasteiger partial charge in [0.05, 0.1) is 25.7 Å². The van der Waals surface area contributed by atoms with Gasteiger partial charge in [-0.15, -0.1) is 6.58 Å². The Hall–Kier alpha value is -2.28. The molecule has 1 N–H and O–H groups in total. The number of pyridine rings is 1. The van der Waals surface area contributed by atoms with Crippen LogP contribution in [-0.2, 0) is 6.54 Å². The van der Waals surface area contributed by atoms with Crippen LogP contribution in [0.1, 0.15) is 30.1 Å². The normalized spacial score (nSPS) is 27.5. The van der Waals surface area contributed by atoms with Crippen molar-refractivity contribution in [1.82, 2.24) is 4.98 Å². The summed E-state index contributed by atoms with van der Waals surface area (Å²) in [6, 6.07) is 12.9. The quantitative estimate of drug-likeness (QED) is 0.336. The Labute approximate surface area is 202 Å². The SMILES string of the molecule is C=CC1C[N+]2(Cc3ccc(Br)cc3F)CCC1CC2C(O)c1ccnc2ccc(OC)cc12. The largest absolute Gasteiger partial charge is 0.497 e. The zero-order chi connectivity index (χ0) is 23.2. The Kier molecular flexibility index (Phi) is 6.02. The highest BCUT2D eigenvalue weighted by Crippen LogP contribution is 2.48. The number of aliphatic hydroxyl groups excluding tert-OH is 1. The van der Waals surface area contributed by atoms with Gasteiger partial charge < -0.3 is 14.3 Å². The van der Waals surface area contributed by atoms with Gasteiger partial charge >= 0.3 is 0 Å². The van der Waals surface area contributed by atoms with Crippen LogP contribution < -0.4 is 4.74 Å². The molecular weight excluding hydrogens is 483 g/mol. The molecule has 0 amide bonds. The van der Waals surface area contributed by atoms with E-state index in [0.717, 1.165) is 52.6 Å². The molecule has 4 heterocycles. The Bertz CT molecular complexity index is 1200. The molecule has 3 fully saturated rings. The third kappa shape index (κ3) is 3.98. The zero-order valence-corrected chi connectivity index (χ0v) is 20.3. The van der Waals surface area contributed by atoms with Crippen molar-refractivity contribution < 1.29 is 18.7 Å². The number of piperidine rings is 3. The Morgan fingerprint density at radius 3 is 2.91 bits per heavy atom. The summed E-state index contributed by atoms with van der Waals surface area (Å²) in [5.74, 6) is 1.42. The van der Waals surface area contributed by atoms with Crippen LogP contribution in [0.25, 0.3) is 10.9 Å². The molecule has 3 saturated heterocycles. The lowest BCUT2D eigenvalue weighted by Gasteiger charge is -2.58. The van der Waals surface area contributed by atoms with E-state index >= 15 is 0 Å². The lowest BCUT2D eigenvalue weighted by molar-refractivity contribution is -0.985. The minimum atomic E-state index is -0.685. The maximum absolute atomic E-state index is 14.9. The van der Waals surface area contributed by atoms with Crippen molar-refractivity contribution >= 4 is 26.8 Å². The van der Waals surface area contributed by atoms with E-state index in [4.69, 9.17) is 4.74 Å². The molecule has 5 atom stereocenters. The van der Waals surface area contributed by atoms with Gasteiger partial charge in [0.2, 0.25) is 0 Å². The number of benzene rings is 2. The second-order valence-electron chi connectivity index (χ2n) is 9.50. The maximum Gasteiger partial charge on any atom is 0.133 e. The third-order valence-electron chi connectivity index (χ3n) is 7.84. The van der Waals surface area contributed by atoms with Crippen molar-refractivity contribution in [2.75, 3.05) is 20.2 Å². The van der Waals surface area contributed by atoms with Crippen molar-refractivity contribution in [2.45, 2.75) is 31.5 Å². The summed E-state index contributed by atoms with van der Waals surface area (Å²) in [4.78, 5) is 4.48.